The van der Waals surface area contributed by atoms with Crippen molar-refractivity contribution in [2.75, 3.05) is 13.2 Å². The lowest BCUT2D eigenvalue weighted by Crippen LogP contribution is -2.19. The molecule has 106 valence electrons. The Kier molecular flexibility index (Phi) is 6.81. The highest BCUT2D eigenvalue weighted by Gasteiger charge is 2.04. The van der Waals surface area contributed by atoms with Crippen LogP contribution in [-0.2, 0) is 16.1 Å². The number of carbonyl (C=O) groups excluding carboxylic acids is 1. The number of hydrogen-bond donors (Lipinski definition) is 1. The Bertz CT molecular complexity index is 382. The van der Waals surface area contributed by atoms with Crippen LogP contribution in [0.5, 0.6) is 5.75 Å². The van der Waals surface area contributed by atoms with Crippen molar-refractivity contribution >= 4 is 5.97 Å². The lowest BCUT2D eigenvalue weighted by atomic mass is 10.2. The number of nitrogens with one attached hydrogen (secondary N) is 1. The first kappa shape index (κ1) is 15.4. The van der Waals surface area contributed by atoms with E-state index in [2.05, 4.69) is 10.1 Å². The number of hydrogen-bond acceptors (Lipinski definition) is 4. The maximum absolute atomic E-state index is 11.9. The minimum atomic E-state index is -2.81. The SMILES string of the molecule is CCOC(=O)CCNCc1ccc(OC(F)F)cc1. The van der Waals surface area contributed by atoms with E-state index in [1.54, 1.807) is 19.1 Å². The van der Waals surface area contributed by atoms with E-state index >= 15 is 0 Å². The third-order valence-electron chi connectivity index (χ3n) is 2.29. The zero-order valence-electron chi connectivity index (χ0n) is 10.7. The van der Waals surface area contributed by atoms with Crippen LogP contribution in [0.25, 0.3) is 0 Å². The summed E-state index contributed by atoms with van der Waals surface area (Å²) in [5.74, 6) is -0.110. The van der Waals surface area contributed by atoms with Crippen LogP contribution in [0.3, 0.4) is 0 Å². The first-order valence-corrected chi connectivity index (χ1v) is 6.02. The summed E-state index contributed by atoms with van der Waals surface area (Å²) in [6.07, 6.45) is 0.306. The van der Waals surface area contributed by atoms with Gasteiger partial charge < -0.3 is 14.8 Å². The van der Waals surface area contributed by atoms with Crippen molar-refractivity contribution in [1.29, 1.82) is 0 Å². The topological polar surface area (TPSA) is 47.6 Å². The van der Waals surface area contributed by atoms with Gasteiger partial charge in [0, 0.05) is 13.1 Å². The fourth-order valence-corrected chi connectivity index (χ4v) is 1.45. The Labute approximate surface area is 110 Å². The van der Waals surface area contributed by atoms with Crippen molar-refractivity contribution in [1.82, 2.24) is 5.32 Å². The summed E-state index contributed by atoms with van der Waals surface area (Å²) in [5, 5.41) is 3.06. The molecule has 0 aromatic heterocycles. The predicted molar refractivity (Wildman–Crippen MR) is 66.0 cm³/mol. The van der Waals surface area contributed by atoms with Gasteiger partial charge in [0.1, 0.15) is 5.75 Å². The molecule has 0 aliphatic rings. The van der Waals surface area contributed by atoms with Crippen LogP contribution in [0.1, 0.15) is 18.9 Å². The van der Waals surface area contributed by atoms with E-state index in [1.807, 2.05) is 0 Å². The lowest BCUT2D eigenvalue weighted by Gasteiger charge is -2.07. The number of alkyl halides is 2. The number of esters is 1. The lowest BCUT2D eigenvalue weighted by molar-refractivity contribution is -0.142. The van der Waals surface area contributed by atoms with E-state index in [0.717, 1.165) is 5.56 Å². The maximum Gasteiger partial charge on any atom is 0.387 e. The van der Waals surface area contributed by atoms with Crippen molar-refractivity contribution < 1.29 is 23.0 Å². The number of rotatable bonds is 8. The highest BCUT2D eigenvalue weighted by molar-refractivity contribution is 5.69. The quantitative estimate of drug-likeness (QED) is 0.583. The van der Waals surface area contributed by atoms with Gasteiger partial charge in [-0.3, -0.25) is 4.79 Å². The summed E-state index contributed by atoms with van der Waals surface area (Å²) in [7, 11) is 0. The zero-order chi connectivity index (χ0) is 14.1. The van der Waals surface area contributed by atoms with Crippen LogP contribution in [0.2, 0.25) is 0 Å². The Morgan fingerprint density at radius 3 is 2.58 bits per heavy atom. The van der Waals surface area contributed by atoms with Crippen molar-refractivity contribution in [3.8, 4) is 5.75 Å². The van der Waals surface area contributed by atoms with Gasteiger partial charge >= 0.3 is 12.6 Å². The van der Waals surface area contributed by atoms with Gasteiger partial charge in [-0.15, -0.1) is 0 Å². The summed E-state index contributed by atoms with van der Waals surface area (Å²) < 4.78 is 32.9. The predicted octanol–water partition coefficient (Wildman–Crippen LogP) is 2.33. The summed E-state index contributed by atoms with van der Waals surface area (Å²) in [6.45, 7) is 0.384. The molecule has 1 N–H and O–H groups in total. The van der Waals surface area contributed by atoms with Crippen molar-refractivity contribution in [2.24, 2.45) is 0 Å². The molecule has 6 heteroatoms. The average Bonchev–Trinajstić information content (AvgIpc) is 2.36. The Hall–Kier alpha value is -1.69. The highest BCUT2D eigenvalue weighted by Crippen LogP contribution is 2.14. The minimum Gasteiger partial charge on any atom is -0.466 e. The monoisotopic (exact) mass is 273 g/mol. The first-order valence-electron chi connectivity index (χ1n) is 6.02. The van der Waals surface area contributed by atoms with E-state index in [9.17, 15) is 13.6 Å². The third kappa shape index (κ3) is 6.71. The first-order chi connectivity index (χ1) is 9.11. The van der Waals surface area contributed by atoms with Crippen molar-refractivity contribution in [3.63, 3.8) is 0 Å². The van der Waals surface area contributed by atoms with E-state index in [1.165, 1.54) is 12.1 Å². The number of halogens is 2. The fourth-order valence-electron chi connectivity index (χ4n) is 1.45. The van der Waals surface area contributed by atoms with Gasteiger partial charge in [0.25, 0.3) is 0 Å². The molecule has 0 amide bonds. The summed E-state index contributed by atoms with van der Waals surface area (Å²) in [6, 6.07) is 6.34. The second-order valence-corrected chi connectivity index (χ2v) is 3.75. The molecule has 0 unspecified atom stereocenters. The smallest absolute Gasteiger partial charge is 0.387 e. The molecule has 0 saturated heterocycles. The molecule has 4 nitrogen and oxygen atoms in total. The molecule has 19 heavy (non-hydrogen) atoms. The number of ether oxygens (including phenoxy) is 2. The van der Waals surface area contributed by atoms with E-state index in [-0.39, 0.29) is 11.7 Å². The van der Waals surface area contributed by atoms with Gasteiger partial charge in [0.15, 0.2) is 0 Å². The molecule has 0 saturated carbocycles. The molecular formula is C13H17F2NO3. The molecule has 0 heterocycles. The van der Waals surface area contributed by atoms with Gasteiger partial charge in [-0.05, 0) is 24.6 Å². The Morgan fingerprint density at radius 2 is 2.00 bits per heavy atom. The van der Waals surface area contributed by atoms with E-state index < -0.39 is 6.61 Å². The van der Waals surface area contributed by atoms with Crippen LogP contribution in [0.15, 0.2) is 24.3 Å². The largest absolute Gasteiger partial charge is 0.466 e. The fraction of sp³-hybridized carbons (Fsp3) is 0.462. The molecule has 0 fully saturated rings. The maximum atomic E-state index is 11.9. The van der Waals surface area contributed by atoms with Gasteiger partial charge in [0.05, 0.1) is 13.0 Å². The average molecular weight is 273 g/mol. The van der Waals surface area contributed by atoms with Crippen LogP contribution < -0.4 is 10.1 Å². The molecule has 1 aromatic rings. The van der Waals surface area contributed by atoms with Gasteiger partial charge in [-0.1, -0.05) is 12.1 Å². The molecule has 0 bridgehead atoms. The second kappa shape index (κ2) is 8.42. The van der Waals surface area contributed by atoms with Gasteiger partial charge in [-0.25, -0.2) is 0 Å². The third-order valence-corrected chi connectivity index (χ3v) is 2.29. The van der Waals surface area contributed by atoms with Crippen molar-refractivity contribution in [3.05, 3.63) is 29.8 Å². The minimum absolute atomic E-state index is 0.130. The van der Waals surface area contributed by atoms with E-state index in [0.29, 0.717) is 26.1 Å². The molecule has 0 atom stereocenters. The normalized spacial score (nSPS) is 10.5. The summed E-state index contributed by atoms with van der Waals surface area (Å²) in [5.41, 5.74) is 0.922. The second-order valence-electron chi connectivity index (χ2n) is 3.75. The molecular weight excluding hydrogens is 256 g/mol. The Balaban J connectivity index is 2.24. The molecule has 1 rings (SSSR count). The van der Waals surface area contributed by atoms with Crippen LogP contribution in [0.4, 0.5) is 8.78 Å². The molecule has 0 aliphatic carbocycles. The molecule has 0 spiro atoms. The molecule has 1 aromatic carbocycles. The number of benzene rings is 1. The van der Waals surface area contributed by atoms with Gasteiger partial charge in [0.2, 0.25) is 0 Å². The standard InChI is InChI=1S/C13H17F2NO3/c1-2-18-12(17)7-8-16-9-10-3-5-11(6-4-10)19-13(14)15/h3-6,13,16H,2,7-9H2,1H3. The highest BCUT2D eigenvalue weighted by atomic mass is 19.3. The van der Waals surface area contributed by atoms with Crippen LogP contribution >= 0.6 is 0 Å². The van der Waals surface area contributed by atoms with E-state index in [4.69, 9.17) is 4.74 Å². The Morgan fingerprint density at radius 1 is 1.32 bits per heavy atom. The summed E-state index contributed by atoms with van der Waals surface area (Å²) in [4.78, 5) is 11.1. The van der Waals surface area contributed by atoms with Crippen LogP contribution in [0, 0.1) is 0 Å². The van der Waals surface area contributed by atoms with Crippen LogP contribution in [-0.4, -0.2) is 25.7 Å². The number of carbonyl (C=O) groups is 1. The zero-order valence-corrected chi connectivity index (χ0v) is 10.7. The molecule has 0 radical (unpaired) electrons. The molecule has 0 aliphatic heterocycles. The summed E-state index contributed by atoms with van der Waals surface area (Å²) >= 11 is 0. The van der Waals surface area contributed by atoms with Crippen molar-refractivity contribution in [2.45, 2.75) is 26.5 Å². The van der Waals surface area contributed by atoms with Gasteiger partial charge in [-0.2, -0.15) is 8.78 Å².